The van der Waals surface area contributed by atoms with Crippen molar-refractivity contribution in [2.45, 2.75) is 45.6 Å². The first-order valence-corrected chi connectivity index (χ1v) is 14.9. The van der Waals surface area contributed by atoms with E-state index in [1.807, 2.05) is 52.9 Å². The first-order chi connectivity index (χ1) is 21.2. The second-order valence-corrected chi connectivity index (χ2v) is 11.8. The highest BCUT2D eigenvalue weighted by Gasteiger charge is 2.29. The Hall–Kier alpha value is -3.76. The van der Waals surface area contributed by atoms with Crippen molar-refractivity contribution in [2.75, 3.05) is 53.8 Å². The van der Waals surface area contributed by atoms with E-state index in [2.05, 4.69) is 18.5 Å². The van der Waals surface area contributed by atoms with Crippen LogP contribution < -0.4 is 10.1 Å². The molecule has 1 aromatic rings. The van der Waals surface area contributed by atoms with Crippen LogP contribution in [0.1, 0.15) is 45.6 Å². The summed E-state index contributed by atoms with van der Waals surface area (Å²) in [4.78, 5) is 44.9. The topological polar surface area (TPSA) is 108 Å². The van der Waals surface area contributed by atoms with E-state index in [-0.39, 0.29) is 12.0 Å². The summed E-state index contributed by atoms with van der Waals surface area (Å²) in [5.41, 5.74) is 3.46. The highest BCUT2D eigenvalue weighted by molar-refractivity contribution is 6.35. The van der Waals surface area contributed by atoms with Crippen LogP contribution in [0.3, 0.4) is 0 Å². The Morgan fingerprint density at radius 1 is 1.18 bits per heavy atom. The number of benzene rings is 1. The third-order valence-electron chi connectivity index (χ3n) is 6.11. The van der Waals surface area contributed by atoms with E-state index in [0.29, 0.717) is 70.3 Å². The Morgan fingerprint density at radius 3 is 2.38 bits per heavy atom. The van der Waals surface area contributed by atoms with Crippen LogP contribution in [0.5, 0.6) is 5.75 Å². The summed E-state index contributed by atoms with van der Waals surface area (Å²) < 4.78 is 5.72. The molecular formula is C35H48ClN3O6. The summed E-state index contributed by atoms with van der Waals surface area (Å²) in [5, 5.41) is 11.8. The normalized spacial score (nSPS) is 14.7. The number of hydrogen-bond donors (Lipinski definition) is 2. The summed E-state index contributed by atoms with van der Waals surface area (Å²) >= 11 is 6.87. The zero-order valence-corrected chi connectivity index (χ0v) is 28.6. The molecule has 1 aliphatic carbocycles. The number of nitrogens with one attached hydrogen (secondary N) is 1. The molecule has 10 heteroatoms. The number of likely N-dealkylation sites (N-methyl/N-ethyl adjacent to an activating group) is 1. The molecule has 1 amide bonds. The second-order valence-electron chi connectivity index (χ2n) is 11.4. The van der Waals surface area contributed by atoms with Crippen molar-refractivity contribution in [2.24, 2.45) is 0 Å². The van der Waals surface area contributed by atoms with Gasteiger partial charge in [0.15, 0.2) is 0 Å². The second kappa shape index (κ2) is 18.9. The molecule has 246 valence electrons. The number of ether oxygens (including phenoxy) is 1. The number of halogens is 1. The number of aliphatic hydroxyl groups excluding tert-OH is 1. The lowest BCUT2D eigenvalue weighted by atomic mass is 9.84. The number of carbonyl (C=O) groups excluding carboxylic acids is 3. The molecule has 0 radical (unpaired) electrons. The van der Waals surface area contributed by atoms with E-state index in [4.69, 9.17) is 26.3 Å². The van der Waals surface area contributed by atoms with Crippen LogP contribution in [0.4, 0.5) is 5.69 Å². The minimum absolute atomic E-state index is 0.0764. The monoisotopic (exact) mass is 641 g/mol. The van der Waals surface area contributed by atoms with E-state index in [1.165, 1.54) is 12.1 Å². The lowest BCUT2D eigenvalue weighted by molar-refractivity contribution is -0.213. The molecule has 1 aromatic carbocycles. The predicted molar refractivity (Wildman–Crippen MR) is 183 cm³/mol. The number of hydrogen-bond acceptors (Lipinski definition) is 8. The SMILES string of the molecule is C=CC(/C(=C/CC=O)c1ccc2c(c1Cl)NCCO2)=C(\C(=C)C1=CC(C=O)=CCC1)C(=O)N(C)OC(C)(C)C.CN(C)C.CO. The molecule has 1 aliphatic heterocycles. The zero-order valence-electron chi connectivity index (χ0n) is 27.8. The van der Waals surface area contributed by atoms with Crippen molar-refractivity contribution in [3.63, 3.8) is 0 Å². The Balaban J connectivity index is 0.00000156. The van der Waals surface area contributed by atoms with Gasteiger partial charge >= 0.3 is 0 Å². The first kappa shape index (κ1) is 39.3. The minimum atomic E-state index is -0.646. The van der Waals surface area contributed by atoms with Gasteiger partial charge in [0.2, 0.25) is 0 Å². The molecule has 0 spiro atoms. The van der Waals surface area contributed by atoms with Gasteiger partial charge < -0.3 is 24.9 Å². The number of nitrogens with zero attached hydrogens (tertiary/aromatic N) is 2. The van der Waals surface area contributed by atoms with Crippen molar-refractivity contribution in [1.82, 2.24) is 9.96 Å². The fourth-order valence-electron chi connectivity index (χ4n) is 4.49. The van der Waals surface area contributed by atoms with Crippen LogP contribution in [0.2, 0.25) is 5.02 Å². The quantitative estimate of drug-likeness (QED) is 0.139. The summed E-state index contributed by atoms with van der Waals surface area (Å²) in [6, 6.07) is 3.59. The fraction of sp³-hybridized carbons (Fsp3) is 0.400. The molecule has 0 saturated heterocycles. The van der Waals surface area contributed by atoms with Gasteiger partial charge in [-0.25, -0.2) is 5.06 Å². The van der Waals surface area contributed by atoms with Crippen molar-refractivity contribution in [3.05, 3.63) is 88.0 Å². The van der Waals surface area contributed by atoms with Crippen molar-refractivity contribution < 1.29 is 29.1 Å². The van der Waals surface area contributed by atoms with Crippen LogP contribution in [-0.2, 0) is 19.2 Å². The molecule has 0 bridgehead atoms. The van der Waals surface area contributed by atoms with Crippen molar-refractivity contribution in [3.8, 4) is 5.75 Å². The van der Waals surface area contributed by atoms with Crippen LogP contribution in [-0.4, -0.2) is 87.6 Å². The largest absolute Gasteiger partial charge is 0.490 e. The molecule has 2 aliphatic rings. The van der Waals surface area contributed by atoms with Gasteiger partial charge in [0.1, 0.15) is 24.9 Å². The van der Waals surface area contributed by atoms with Gasteiger partial charge in [-0.2, -0.15) is 0 Å². The summed E-state index contributed by atoms with van der Waals surface area (Å²) in [7, 11) is 8.54. The smallest absolute Gasteiger partial charge is 0.278 e. The number of aldehydes is 2. The summed E-state index contributed by atoms with van der Waals surface area (Å²) in [6.07, 6.45) is 9.69. The molecule has 45 heavy (non-hydrogen) atoms. The third kappa shape index (κ3) is 11.6. The maximum absolute atomic E-state index is 14.0. The number of hydroxylamine groups is 2. The van der Waals surface area contributed by atoms with Gasteiger partial charge in [-0.3, -0.25) is 14.4 Å². The van der Waals surface area contributed by atoms with E-state index < -0.39 is 11.5 Å². The molecule has 3 rings (SSSR count). The average Bonchev–Trinajstić information content (AvgIpc) is 3.00. The van der Waals surface area contributed by atoms with Gasteiger partial charge in [-0.1, -0.05) is 43.0 Å². The minimum Gasteiger partial charge on any atom is -0.490 e. The first-order valence-electron chi connectivity index (χ1n) is 14.5. The molecule has 0 fully saturated rings. The number of anilines is 1. The number of fused-ring (bicyclic) bond motifs is 1. The lowest BCUT2D eigenvalue weighted by Crippen LogP contribution is -2.37. The lowest BCUT2D eigenvalue weighted by Gasteiger charge is -2.29. The van der Waals surface area contributed by atoms with Crippen LogP contribution in [0, 0.1) is 0 Å². The Labute approximate surface area is 273 Å². The maximum atomic E-state index is 14.0. The number of allylic oxidation sites excluding steroid dienone is 8. The number of aliphatic hydroxyl groups is 1. The molecule has 0 aromatic heterocycles. The zero-order chi connectivity index (χ0) is 34.3. The molecule has 9 nitrogen and oxygen atoms in total. The number of amides is 1. The number of rotatable bonds is 10. The predicted octanol–water partition coefficient (Wildman–Crippen LogP) is 5.98. The Bertz CT molecular complexity index is 1360. The van der Waals surface area contributed by atoms with E-state index in [1.54, 1.807) is 30.4 Å². The van der Waals surface area contributed by atoms with Gasteiger partial charge in [-0.05, 0) is 95.3 Å². The van der Waals surface area contributed by atoms with Crippen LogP contribution in [0.25, 0.3) is 5.57 Å². The van der Waals surface area contributed by atoms with E-state index >= 15 is 0 Å². The average molecular weight is 642 g/mol. The number of carbonyl (C=O) groups is 3. The van der Waals surface area contributed by atoms with Gasteiger partial charge in [0.05, 0.1) is 21.9 Å². The highest BCUT2D eigenvalue weighted by atomic mass is 35.5. The van der Waals surface area contributed by atoms with Crippen molar-refractivity contribution in [1.29, 1.82) is 0 Å². The van der Waals surface area contributed by atoms with Gasteiger partial charge in [-0.15, -0.1) is 0 Å². The standard InChI is InChI=1S/C31H35ClN2O5.C3H9N.CH4O/c1-7-23(24(12-9-16-35)25-13-14-26-29(28(25)32)33-15-17-38-26)27(30(37)34(6)39-31(3,4)5)20(2)22-11-8-10-21(18-22)19-36;1-4(2)3;1-2/h7,10,12-14,16,18-19,33H,1-2,8-9,11,15,17H2,3-6H3;1-3H3;2H,1H3/b24-12-,27-23-;;. The molecule has 0 atom stereocenters. The Kier molecular flexibility index (Phi) is 16.5. The highest BCUT2D eigenvalue weighted by Crippen LogP contribution is 2.43. The third-order valence-corrected chi connectivity index (χ3v) is 6.50. The molecule has 0 saturated carbocycles. The molecule has 1 heterocycles. The summed E-state index contributed by atoms with van der Waals surface area (Å²) in [5.74, 6) is 0.161. The van der Waals surface area contributed by atoms with Crippen LogP contribution in [0.15, 0.2) is 77.5 Å². The molecular weight excluding hydrogens is 594 g/mol. The molecule has 2 N–H and O–H groups in total. The van der Waals surface area contributed by atoms with E-state index in [9.17, 15) is 14.4 Å². The summed E-state index contributed by atoms with van der Waals surface area (Å²) in [6.45, 7) is 14.9. The van der Waals surface area contributed by atoms with E-state index in [0.717, 1.165) is 25.3 Å². The van der Waals surface area contributed by atoms with Gasteiger partial charge in [0, 0.05) is 38.3 Å². The van der Waals surface area contributed by atoms with Crippen molar-refractivity contribution >= 4 is 41.3 Å². The Morgan fingerprint density at radius 2 is 1.82 bits per heavy atom. The van der Waals surface area contributed by atoms with Crippen LogP contribution >= 0.6 is 11.6 Å². The van der Waals surface area contributed by atoms with Gasteiger partial charge in [0.25, 0.3) is 5.91 Å². The molecule has 0 unspecified atom stereocenters. The fourth-order valence-corrected chi connectivity index (χ4v) is 4.81. The maximum Gasteiger partial charge on any atom is 0.278 e.